The van der Waals surface area contributed by atoms with Gasteiger partial charge in [0.05, 0.1) is 4.90 Å². The van der Waals surface area contributed by atoms with Crippen molar-refractivity contribution in [1.82, 2.24) is 0 Å². The second kappa shape index (κ2) is 7.42. The molecule has 174 valence electrons. The van der Waals surface area contributed by atoms with E-state index in [1.807, 2.05) is 0 Å². The number of nitrogens with zero attached hydrogens (tertiary/aromatic N) is 1. The molecule has 0 saturated carbocycles. The third-order valence-corrected chi connectivity index (χ3v) is 7.69. The highest BCUT2D eigenvalue weighted by Crippen LogP contribution is 2.56. The van der Waals surface area contributed by atoms with Gasteiger partial charge >= 0.3 is 38.8 Å². The van der Waals surface area contributed by atoms with E-state index in [0.717, 1.165) is 0 Å². The highest BCUT2D eigenvalue weighted by atomic mass is 79.9. The number of benzene rings is 1. The van der Waals surface area contributed by atoms with Gasteiger partial charge in [-0.15, -0.1) is 0 Å². The molecule has 1 rings (SSSR count). The van der Waals surface area contributed by atoms with Crippen LogP contribution in [0.5, 0.6) is 0 Å². The topological polar surface area (TPSA) is 63.6 Å². The smallest absolute Gasteiger partial charge is 0.237 e. The Labute approximate surface area is 167 Å². The van der Waals surface area contributed by atoms with Gasteiger partial charge in [0.25, 0.3) is 0 Å². The highest BCUT2D eigenvalue weighted by molar-refractivity contribution is 9.10. The molecule has 1 aromatic carbocycles. The van der Waals surface area contributed by atoms with Crippen molar-refractivity contribution in [2.75, 3.05) is 0 Å². The summed E-state index contributed by atoms with van der Waals surface area (Å²) < 4.78 is 192. The number of alkyl halides is 12. The Morgan fingerprint density at radius 1 is 0.700 bits per heavy atom. The molecule has 4 nitrogen and oxygen atoms in total. The second-order valence-corrected chi connectivity index (χ2v) is 10.1. The normalized spacial score (nSPS) is 16.8. The van der Waals surface area contributed by atoms with Crippen molar-refractivity contribution in [2.24, 2.45) is 3.77 Å². The molecule has 1 atom stereocenters. The lowest BCUT2D eigenvalue weighted by Gasteiger charge is -2.34. The fourth-order valence-corrected chi connectivity index (χ4v) is 5.28. The molecule has 0 bridgehead atoms. The lowest BCUT2D eigenvalue weighted by atomic mass is 10.1. The van der Waals surface area contributed by atoms with Gasteiger partial charge in [0.1, 0.15) is 0 Å². The maximum atomic E-state index is 14.2. The third kappa shape index (κ3) is 4.11. The van der Waals surface area contributed by atoms with Crippen LogP contribution < -0.4 is 0 Å². The zero-order valence-corrected chi connectivity index (χ0v) is 16.4. The Kier molecular flexibility index (Phi) is 6.63. The van der Waals surface area contributed by atoms with Gasteiger partial charge in [0.2, 0.25) is 0 Å². The van der Waals surface area contributed by atoms with Gasteiger partial charge in [-0.05, 0) is 24.3 Å². The van der Waals surface area contributed by atoms with Gasteiger partial charge in [-0.2, -0.15) is 61.1 Å². The predicted octanol–water partition coefficient (Wildman–Crippen LogP) is 5.55. The molecule has 0 aliphatic rings. The summed E-state index contributed by atoms with van der Waals surface area (Å²) in [5.74, 6) is -15.4. The van der Waals surface area contributed by atoms with E-state index in [9.17, 15) is 65.3 Å². The van der Waals surface area contributed by atoms with Gasteiger partial charge in [-0.1, -0.05) is 19.7 Å². The van der Waals surface area contributed by atoms with E-state index < -0.39 is 53.4 Å². The molecule has 1 aromatic rings. The minimum absolute atomic E-state index is 0.0114. The van der Waals surface area contributed by atoms with Crippen LogP contribution in [-0.4, -0.2) is 41.4 Å². The molecule has 0 spiro atoms. The molecule has 0 unspecified atom stereocenters. The number of rotatable bonds is 5. The average molecular weight is 570 g/mol. The number of sulfonamides is 1. The third-order valence-electron chi connectivity index (χ3n) is 3.09. The summed E-state index contributed by atoms with van der Waals surface area (Å²) >= 11 is 2.63. The van der Waals surface area contributed by atoms with Gasteiger partial charge in [0, 0.05) is 4.47 Å². The average Bonchev–Trinajstić information content (AvgIpc) is 2.52. The molecule has 19 heteroatoms. The zero-order chi connectivity index (χ0) is 24.2. The maximum Gasteiger partial charge on any atom is 0.519 e. The van der Waals surface area contributed by atoms with E-state index in [-0.39, 0.29) is 16.6 Å². The summed E-state index contributed by atoms with van der Waals surface area (Å²) in [6.45, 7) is 0. The highest BCUT2D eigenvalue weighted by Gasteiger charge is 2.84. The van der Waals surface area contributed by atoms with Gasteiger partial charge in [0.15, 0.2) is 9.73 Å². The Bertz CT molecular complexity index is 1020. The Morgan fingerprint density at radius 3 is 1.43 bits per heavy atom. The monoisotopic (exact) mass is 569 g/mol. The number of halogens is 13. The van der Waals surface area contributed by atoms with Gasteiger partial charge in [-0.25, -0.2) is 4.21 Å². The summed E-state index contributed by atoms with van der Waals surface area (Å²) in [4.78, 5) is -2.00. The van der Waals surface area contributed by atoms with Crippen LogP contribution >= 0.6 is 15.9 Å². The van der Waals surface area contributed by atoms with Crippen molar-refractivity contribution in [3.8, 4) is 0 Å². The van der Waals surface area contributed by atoms with Crippen molar-refractivity contribution in [3.63, 3.8) is 0 Å². The van der Waals surface area contributed by atoms with Crippen molar-refractivity contribution < 1.29 is 65.3 Å². The Balaban J connectivity index is 4.11. The van der Waals surface area contributed by atoms with Crippen LogP contribution in [0.15, 0.2) is 37.4 Å². The zero-order valence-electron chi connectivity index (χ0n) is 13.2. The van der Waals surface area contributed by atoms with Crippen molar-refractivity contribution in [2.45, 2.75) is 33.7 Å². The summed E-state index contributed by atoms with van der Waals surface area (Å²) in [5.41, 5.74) is -6.64. The van der Waals surface area contributed by atoms with Crippen LogP contribution in [0.1, 0.15) is 0 Å². The van der Waals surface area contributed by atoms with E-state index in [4.69, 9.17) is 0 Å². The first kappa shape index (κ1) is 26.8. The number of hydrogen-bond acceptors (Lipinski definition) is 3. The molecule has 30 heavy (non-hydrogen) atoms. The molecule has 0 amide bonds. The molecule has 0 aromatic heterocycles. The second-order valence-electron chi connectivity index (χ2n) is 5.14. The molecule has 0 aliphatic carbocycles. The molecule has 0 saturated heterocycles. The SMILES string of the molecule is O=S(=O)(N=[S@@](=O)(c1ccc(Br)cc1)C(F)(F)C(F)(F)C(F)(F)C(F)(F)F)C(F)(F)F. The van der Waals surface area contributed by atoms with Crippen molar-refractivity contribution >= 4 is 35.7 Å². The molecule has 0 aliphatic heterocycles. The minimum Gasteiger partial charge on any atom is -0.237 e. The van der Waals surface area contributed by atoms with Crippen LogP contribution in [0.4, 0.5) is 52.7 Å². The van der Waals surface area contributed by atoms with Crippen LogP contribution in [0, 0.1) is 0 Å². The molecular formula is C11H4BrF12NO3S2. The van der Waals surface area contributed by atoms with Gasteiger partial charge in [-0.3, -0.25) is 0 Å². The molecule has 0 radical (unpaired) electrons. The summed E-state index contributed by atoms with van der Waals surface area (Å²) in [5, 5.41) is -7.27. The predicted molar refractivity (Wildman–Crippen MR) is 78.8 cm³/mol. The first-order valence-electron chi connectivity index (χ1n) is 6.51. The molecular weight excluding hydrogens is 566 g/mol. The summed E-state index contributed by atoms with van der Waals surface area (Å²) in [6.07, 6.45) is -7.40. The molecule has 0 heterocycles. The molecule has 0 fully saturated rings. The van der Waals surface area contributed by atoms with Crippen LogP contribution in [0.3, 0.4) is 0 Å². The lowest BCUT2D eigenvalue weighted by molar-refractivity contribution is -0.381. The van der Waals surface area contributed by atoms with Crippen LogP contribution in [0.25, 0.3) is 0 Å². The quantitative estimate of drug-likeness (QED) is 0.437. The van der Waals surface area contributed by atoms with Crippen LogP contribution in [0.2, 0.25) is 0 Å². The first-order valence-corrected chi connectivity index (χ1v) is 10.3. The minimum atomic E-state index is -7.70. The van der Waals surface area contributed by atoms with E-state index in [0.29, 0.717) is 12.1 Å². The van der Waals surface area contributed by atoms with Gasteiger partial charge < -0.3 is 0 Å². The number of hydrogen-bond donors (Lipinski definition) is 0. The Morgan fingerprint density at radius 2 is 1.10 bits per heavy atom. The van der Waals surface area contributed by atoms with E-state index in [2.05, 4.69) is 15.9 Å². The van der Waals surface area contributed by atoms with Crippen molar-refractivity contribution in [1.29, 1.82) is 0 Å². The largest absolute Gasteiger partial charge is 0.519 e. The van der Waals surface area contributed by atoms with Crippen LogP contribution in [-0.2, 0) is 19.8 Å². The summed E-state index contributed by atoms with van der Waals surface area (Å²) in [7, 11) is -14.5. The fourth-order valence-electron chi connectivity index (χ4n) is 1.57. The van der Waals surface area contributed by atoms with Crippen molar-refractivity contribution in [3.05, 3.63) is 28.7 Å². The fraction of sp³-hybridized carbons (Fsp3) is 0.455. The van der Waals surface area contributed by atoms with E-state index >= 15 is 0 Å². The molecule has 0 N–H and O–H groups in total. The maximum absolute atomic E-state index is 14.2. The Hall–Kier alpha value is -1.24. The summed E-state index contributed by atoms with van der Waals surface area (Å²) in [6, 6.07) is 1.05. The van der Waals surface area contributed by atoms with E-state index in [1.165, 1.54) is 3.77 Å². The standard InChI is InChI=1S/C11H4BrF12NO3S2/c12-5-1-3-6(4-2-5)29(26,25-30(27,28)11(22,23)24)10(20,21)8(15,16)7(13,14)9(17,18)19/h1-4H/t29-/m1/s1. The lowest BCUT2D eigenvalue weighted by Crippen LogP contribution is -2.63. The van der Waals surface area contributed by atoms with E-state index in [1.54, 1.807) is 0 Å². The first-order chi connectivity index (χ1) is 13.0.